The molecular formula is C14H22ClN3O. The zero-order chi connectivity index (χ0) is 14.3. The molecule has 0 aliphatic rings. The van der Waals surface area contributed by atoms with Gasteiger partial charge in [-0.1, -0.05) is 31.4 Å². The Morgan fingerprint density at radius 1 is 1.42 bits per heavy atom. The number of amides is 1. The first-order valence-electron chi connectivity index (χ1n) is 6.56. The summed E-state index contributed by atoms with van der Waals surface area (Å²) in [6.45, 7) is 3.44. The molecule has 1 aromatic carbocycles. The Hall–Kier alpha value is -1.26. The number of rotatable bonds is 7. The molecule has 0 fully saturated rings. The minimum atomic E-state index is -0.0773. The third-order valence-electron chi connectivity index (χ3n) is 2.82. The van der Waals surface area contributed by atoms with Crippen LogP contribution in [0.2, 0.25) is 5.02 Å². The van der Waals surface area contributed by atoms with E-state index in [4.69, 9.17) is 17.3 Å². The third-order valence-corrected chi connectivity index (χ3v) is 3.15. The average molecular weight is 284 g/mol. The molecule has 106 valence electrons. The lowest BCUT2D eigenvalue weighted by atomic mass is 10.2. The van der Waals surface area contributed by atoms with Crippen LogP contribution in [-0.4, -0.2) is 30.9 Å². The summed E-state index contributed by atoms with van der Waals surface area (Å²) in [6, 6.07) is 5.05. The quantitative estimate of drug-likeness (QED) is 0.597. The molecule has 0 spiro atoms. The Balaban J connectivity index is 2.44. The van der Waals surface area contributed by atoms with Crippen LogP contribution in [0.3, 0.4) is 0 Å². The molecule has 0 aromatic heterocycles. The number of anilines is 2. The van der Waals surface area contributed by atoms with Crippen LogP contribution in [0.4, 0.5) is 11.4 Å². The fourth-order valence-corrected chi connectivity index (χ4v) is 1.95. The second kappa shape index (κ2) is 8.02. The number of benzene rings is 1. The minimum Gasteiger partial charge on any atom is -0.399 e. The van der Waals surface area contributed by atoms with Crippen LogP contribution >= 0.6 is 11.6 Å². The smallest absolute Gasteiger partial charge is 0.238 e. The van der Waals surface area contributed by atoms with E-state index in [0.29, 0.717) is 22.9 Å². The Morgan fingerprint density at radius 3 is 2.84 bits per heavy atom. The molecule has 1 amide bonds. The van der Waals surface area contributed by atoms with Crippen molar-refractivity contribution in [3.05, 3.63) is 23.2 Å². The van der Waals surface area contributed by atoms with Crippen LogP contribution in [0, 0.1) is 0 Å². The van der Waals surface area contributed by atoms with Gasteiger partial charge in [-0.15, -0.1) is 0 Å². The van der Waals surface area contributed by atoms with Gasteiger partial charge in [-0.05, 0) is 38.2 Å². The van der Waals surface area contributed by atoms with Crippen molar-refractivity contribution in [3.8, 4) is 0 Å². The van der Waals surface area contributed by atoms with E-state index in [2.05, 4.69) is 12.2 Å². The van der Waals surface area contributed by atoms with E-state index in [9.17, 15) is 4.79 Å². The van der Waals surface area contributed by atoms with Gasteiger partial charge in [0, 0.05) is 5.69 Å². The van der Waals surface area contributed by atoms with Crippen molar-refractivity contribution >= 4 is 28.9 Å². The highest BCUT2D eigenvalue weighted by molar-refractivity contribution is 6.33. The highest BCUT2D eigenvalue weighted by Crippen LogP contribution is 2.23. The maximum absolute atomic E-state index is 11.9. The van der Waals surface area contributed by atoms with Crippen molar-refractivity contribution in [1.82, 2.24) is 4.90 Å². The SMILES string of the molecule is CCCCCN(C)CC(=O)Nc1cc(N)ccc1Cl. The predicted octanol–water partition coefficient (Wildman–Crippen LogP) is 2.98. The van der Waals surface area contributed by atoms with Gasteiger partial charge in [0.25, 0.3) is 0 Å². The molecule has 0 heterocycles. The van der Waals surface area contributed by atoms with Gasteiger partial charge in [-0.3, -0.25) is 9.69 Å². The Morgan fingerprint density at radius 2 is 2.16 bits per heavy atom. The molecule has 0 aliphatic carbocycles. The first-order valence-corrected chi connectivity index (χ1v) is 6.94. The molecule has 4 nitrogen and oxygen atoms in total. The van der Waals surface area contributed by atoms with E-state index >= 15 is 0 Å². The number of nitrogen functional groups attached to an aromatic ring is 1. The number of carbonyl (C=O) groups excluding carboxylic acids is 1. The number of likely N-dealkylation sites (N-methyl/N-ethyl adjacent to an activating group) is 1. The highest BCUT2D eigenvalue weighted by Gasteiger charge is 2.09. The molecule has 0 atom stereocenters. The Labute approximate surface area is 119 Å². The monoisotopic (exact) mass is 283 g/mol. The lowest BCUT2D eigenvalue weighted by Crippen LogP contribution is -2.31. The number of nitrogens with zero attached hydrogens (tertiary/aromatic N) is 1. The molecule has 5 heteroatoms. The number of nitrogens with one attached hydrogen (secondary N) is 1. The predicted molar refractivity (Wildman–Crippen MR) is 81.5 cm³/mol. The minimum absolute atomic E-state index is 0.0773. The molecule has 0 bridgehead atoms. The molecule has 0 radical (unpaired) electrons. The first-order chi connectivity index (χ1) is 9.02. The first kappa shape index (κ1) is 15.8. The van der Waals surface area contributed by atoms with Crippen LogP contribution in [0.25, 0.3) is 0 Å². The van der Waals surface area contributed by atoms with E-state index in [0.717, 1.165) is 13.0 Å². The maximum Gasteiger partial charge on any atom is 0.238 e. The molecule has 3 N–H and O–H groups in total. The van der Waals surface area contributed by atoms with Crippen molar-refractivity contribution in [2.75, 3.05) is 31.2 Å². The summed E-state index contributed by atoms with van der Waals surface area (Å²) in [7, 11) is 1.94. The summed E-state index contributed by atoms with van der Waals surface area (Å²) >= 11 is 6.00. The molecule has 1 rings (SSSR count). The van der Waals surface area contributed by atoms with E-state index < -0.39 is 0 Å². The van der Waals surface area contributed by atoms with Crippen LogP contribution in [-0.2, 0) is 4.79 Å². The maximum atomic E-state index is 11.9. The topological polar surface area (TPSA) is 58.4 Å². The van der Waals surface area contributed by atoms with Crippen molar-refractivity contribution < 1.29 is 4.79 Å². The number of unbranched alkanes of at least 4 members (excludes halogenated alkanes) is 2. The van der Waals surface area contributed by atoms with Crippen LogP contribution in [0.15, 0.2) is 18.2 Å². The third kappa shape index (κ3) is 5.94. The zero-order valence-electron chi connectivity index (χ0n) is 11.6. The largest absolute Gasteiger partial charge is 0.399 e. The van der Waals surface area contributed by atoms with E-state index in [1.54, 1.807) is 18.2 Å². The summed E-state index contributed by atoms with van der Waals surface area (Å²) < 4.78 is 0. The molecule has 0 unspecified atom stereocenters. The molecule has 0 saturated carbocycles. The van der Waals surface area contributed by atoms with Gasteiger partial charge in [-0.2, -0.15) is 0 Å². The van der Waals surface area contributed by atoms with Gasteiger partial charge in [0.15, 0.2) is 0 Å². The number of hydrogen-bond donors (Lipinski definition) is 2. The highest BCUT2D eigenvalue weighted by atomic mass is 35.5. The van der Waals surface area contributed by atoms with Crippen molar-refractivity contribution in [2.24, 2.45) is 0 Å². The van der Waals surface area contributed by atoms with E-state index in [-0.39, 0.29) is 5.91 Å². The van der Waals surface area contributed by atoms with Crippen LogP contribution < -0.4 is 11.1 Å². The summed E-state index contributed by atoms with van der Waals surface area (Å²) in [5.41, 5.74) is 6.81. The van der Waals surface area contributed by atoms with Crippen molar-refractivity contribution in [3.63, 3.8) is 0 Å². The Kier molecular flexibility index (Phi) is 6.67. The Bertz CT molecular complexity index is 423. The van der Waals surface area contributed by atoms with E-state index in [1.165, 1.54) is 12.8 Å². The second-order valence-electron chi connectivity index (χ2n) is 4.73. The van der Waals surface area contributed by atoms with Gasteiger partial charge in [0.2, 0.25) is 5.91 Å². The summed E-state index contributed by atoms with van der Waals surface area (Å²) in [6.07, 6.45) is 3.48. The fraction of sp³-hybridized carbons (Fsp3) is 0.500. The molecule has 0 saturated heterocycles. The number of nitrogens with two attached hydrogens (primary N) is 1. The second-order valence-corrected chi connectivity index (χ2v) is 5.14. The van der Waals surface area contributed by atoms with Gasteiger partial charge in [-0.25, -0.2) is 0 Å². The van der Waals surface area contributed by atoms with Crippen molar-refractivity contribution in [1.29, 1.82) is 0 Å². The van der Waals surface area contributed by atoms with E-state index in [1.807, 2.05) is 11.9 Å². The number of hydrogen-bond acceptors (Lipinski definition) is 3. The molecule has 1 aromatic rings. The molecule has 0 aliphatic heterocycles. The lowest BCUT2D eigenvalue weighted by molar-refractivity contribution is -0.117. The summed E-state index contributed by atoms with van der Waals surface area (Å²) in [4.78, 5) is 13.9. The van der Waals surface area contributed by atoms with Gasteiger partial charge in [0.05, 0.1) is 17.3 Å². The summed E-state index contributed by atoms with van der Waals surface area (Å²) in [5, 5.41) is 3.28. The lowest BCUT2D eigenvalue weighted by Gasteiger charge is -2.16. The normalized spacial score (nSPS) is 10.7. The molecular weight excluding hydrogens is 262 g/mol. The van der Waals surface area contributed by atoms with Gasteiger partial charge < -0.3 is 11.1 Å². The zero-order valence-corrected chi connectivity index (χ0v) is 12.3. The average Bonchev–Trinajstić information content (AvgIpc) is 2.34. The fourth-order valence-electron chi connectivity index (χ4n) is 1.78. The van der Waals surface area contributed by atoms with Gasteiger partial charge >= 0.3 is 0 Å². The number of halogens is 1. The standard InChI is InChI=1S/C14H22ClN3O/c1-3-4-5-8-18(2)10-14(19)17-13-9-11(16)6-7-12(13)15/h6-7,9H,3-5,8,10,16H2,1-2H3,(H,17,19). The van der Waals surface area contributed by atoms with Crippen LogP contribution in [0.1, 0.15) is 26.2 Å². The number of carbonyl (C=O) groups is 1. The molecule has 19 heavy (non-hydrogen) atoms. The van der Waals surface area contributed by atoms with Gasteiger partial charge in [0.1, 0.15) is 0 Å². The van der Waals surface area contributed by atoms with Crippen LogP contribution in [0.5, 0.6) is 0 Å². The summed E-state index contributed by atoms with van der Waals surface area (Å²) in [5.74, 6) is -0.0773. The van der Waals surface area contributed by atoms with Crippen molar-refractivity contribution in [2.45, 2.75) is 26.2 Å².